The number of piperazine rings is 1. The van der Waals surface area contributed by atoms with E-state index < -0.39 is 10.0 Å². The number of nitrogens with zero attached hydrogens (tertiary/aromatic N) is 3. The lowest BCUT2D eigenvalue weighted by Gasteiger charge is -2.35. The van der Waals surface area contributed by atoms with Gasteiger partial charge in [0.2, 0.25) is 10.0 Å². The first-order valence-electron chi connectivity index (χ1n) is 8.38. The van der Waals surface area contributed by atoms with E-state index in [1.165, 1.54) is 0 Å². The third kappa shape index (κ3) is 3.34. The van der Waals surface area contributed by atoms with E-state index in [0.29, 0.717) is 31.1 Å². The summed E-state index contributed by atoms with van der Waals surface area (Å²) in [6, 6.07) is 15.1. The van der Waals surface area contributed by atoms with Gasteiger partial charge in [-0.2, -0.15) is 4.31 Å². The highest BCUT2D eigenvalue weighted by Crippen LogP contribution is 2.25. The molecule has 3 aromatic rings. The summed E-state index contributed by atoms with van der Waals surface area (Å²) in [5.41, 5.74) is 1.12. The van der Waals surface area contributed by atoms with E-state index in [9.17, 15) is 8.42 Å². The molecular formula is C19H18BrN3O2S. The first-order chi connectivity index (χ1) is 12.5. The van der Waals surface area contributed by atoms with Crippen LogP contribution in [0.15, 0.2) is 70.3 Å². The van der Waals surface area contributed by atoms with Gasteiger partial charge >= 0.3 is 0 Å². The van der Waals surface area contributed by atoms with Crippen LogP contribution in [0.2, 0.25) is 0 Å². The molecule has 0 spiro atoms. The molecule has 7 heteroatoms. The number of benzene rings is 2. The van der Waals surface area contributed by atoms with Gasteiger partial charge in [-0.1, -0.05) is 22.0 Å². The van der Waals surface area contributed by atoms with Crippen LogP contribution in [0.4, 0.5) is 5.69 Å². The van der Waals surface area contributed by atoms with Crippen molar-refractivity contribution in [2.24, 2.45) is 0 Å². The number of halogens is 1. The normalized spacial score (nSPS) is 16.1. The summed E-state index contributed by atoms with van der Waals surface area (Å²) in [4.78, 5) is 6.71. The van der Waals surface area contributed by atoms with Crippen molar-refractivity contribution in [2.75, 3.05) is 31.1 Å². The van der Waals surface area contributed by atoms with E-state index in [-0.39, 0.29) is 0 Å². The molecule has 2 aromatic carbocycles. The van der Waals surface area contributed by atoms with Crippen LogP contribution in [0.1, 0.15) is 0 Å². The number of hydrogen-bond acceptors (Lipinski definition) is 4. The van der Waals surface area contributed by atoms with Crippen LogP contribution in [-0.4, -0.2) is 43.9 Å². The Balaban J connectivity index is 1.50. The maximum atomic E-state index is 12.8. The fourth-order valence-electron chi connectivity index (χ4n) is 3.21. The van der Waals surface area contributed by atoms with Crippen molar-refractivity contribution in [1.29, 1.82) is 0 Å². The molecule has 0 radical (unpaired) electrons. The van der Waals surface area contributed by atoms with Gasteiger partial charge in [0, 0.05) is 54.1 Å². The molecule has 0 saturated carbocycles. The first-order valence-corrected chi connectivity index (χ1v) is 10.6. The molecule has 4 rings (SSSR count). The van der Waals surface area contributed by atoms with E-state index in [1.54, 1.807) is 34.8 Å². The van der Waals surface area contributed by atoms with Crippen molar-refractivity contribution >= 4 is 42.4 Å². The predicted octanol–water partition coefficient (Wildman–Crippen LogP) is 3.51. The number of fused-ring (bicyclic) bond motifs is 1. The summed E-state index contributed by atoms with van der Waals surface area (Å²) in [6.45, 7) is 2.30. The zero-order valence-electron chi connectivity index (χ0n) is 14.0. The quantitative estimate of drug-likeness (QED) is 0.636. The van der Waals surface area contributed by atoms with E-state index in [2.05, 4.69) is 44.0 Å². The molecule has 1 fully saturated rings. The lowest BCUT2D eigenvalue weighted by Crippen LogP contribution is -2.48. The molecule has 0 N–H and O–H groups in total. The zero-order valence-corrected chi connectivity index (χ0v) is 16.4. The standard InChI is InChI=1S/C19H18BrN3O2S/c20-17-2-5-19(6-3-17)26(24,25)23-11-9-22(10-12-23)18-4-1-16-14-21-8-7-15(16)13-18/h1-8,13-14H,9-12H2. The molecular weight excluding hydrogens is 414 g/mol. The molecule has 1 aliphatic rings. The Morgan fingerprint density at radius 2 is 1.62 bits per heavy atom. The van der Waals surface area contributed by atoms with Gasteiger partial charge in [0.15, 0.2) is 0 Å². The van der Waals surface area contributed by atoms with Crippen LogP contribution in [0.5, 0.6) is 0 Å². The minimum Gasteiger partial charge on any atom is -0.369 e. The van der Waals surface area contributed by atoms with Crippen molar-refractivity contribution in [1.82, 2.24) is 9.29 Å². The van der Waals surface area contributed by atoms with Crippen molar-refractivity contribution < 1.29 is 8.42 Å². The van der Waals surface area contributed by atoms with Crippen LogP contribution < -0.4 is 4.90 Å². The van der Waals surface area contributed by atoms with E-state index in [0.717, 1.165) is 20.9 Å². The molecule has 5 nitrogen and oxygen atoms in total. The Morgan fingerprint density at radius 3 is 2.35 bits per heavy atom. The van der Waals surface area contributed by atoms with Crippen molar-refractivity contribution in [2.45, 2.75) is 4.90 Å². The van der Waals surface area contributed by atoms with Gasteiger partial charge in [0.05, 0.1) is 4.90 Å². The highest BCUT2D eigenvalue weighted by Gasteiger charge is 2.28. The molecule has 1 saturated heterocycles. The minimum absolute atomic E-state index is 0.340. The molecule has 0 aliphatic carbocycles. The average molecular weight is 432 g/mol. The van der Waals surface area contributed by atoms with Crippen LogP contribution in [0.25, 0.3) is 10.8 Å². The number of rotatable bonds is 3. The van der Waals surface area contributed by atoms with Crippen LogP contribution in [0.3, 0.4) is 0 Å². The monoisotopic (exact) mass is 431 g/mol. The fraction of sp³-hybridized carbons (Fsp3) is 0.211. The Morgan fingerprint density at radius 1 is 0.885 bits per heavy atom. The number of hydrogen-bond donors (Lipinski definition) is 0. The van der Waals surface area contributed by atoms with Crippen LogP contribution in [0, 0.1) is 0 Å². The van der Waals surface area contributed by atoms with Gasteiger partial charge in [-0.05, 0) is 47.9 Å². The number of pyridine rings is 1. The summed E-state index contributed by atoms with van der Waals surface area (Å²) >= 11 is 3.34. The van der Waals surface area contributed by atoms with Crippen LogP contribution in [-0.2, 0) is 10.0 Å². The Hall–Kier alpha value is -1.96. The van der Waals surface area contributed by atoms with E-state index in [1.807, 2.05) is 12.3 Å². The molecule has 134 valence electrons. The molecule has 1 aliphatic heterocycles. The summed E-state index contributed by atoms with van der Waals surface area (Å²) < 4.78 is 28.0. The fourth-order valence-corrected chi connectivity index (χ4v) is 4.90. The number of aromatic nitrogens is 1. The van der Waals surface area contributed by atoms with Gasteiger partial charge in [0.1, 0.15) is 0 Å². The highest BCUT2D eigenvalue weighted by molar-refractivity contribution is 9.10. The first kappa shape index (κ1) is 17.5. The Labute approximate surface area is 161 Å². The van der Waals surface area contributed by atoms with Gasteiger partial charge in [-0.15, -0.1) is 0 Å². The van der Waals surface area contributed by atoms with E-state index >= 15 is 0 Å². The lowest BCUT2D eigenvalue weighted by molar-refractivity contribution is 0.385. The smallest absolute Gasteiger partial charge is 0.243 e. The second-order valence-electron chi connectivity index (χ2n) is 6.25. The number of anilines is 1. The molecule has 1 aromatic heterocycles. The predicted molar refractivity (Wildman–Crippen MR) is 107 cm³/mol. The largest absolute Gasteiger partial charge is 0.369 e. The highest BCUT2D eigenvalue weighted by atomic mass is 79.9. The van der Waals surface area contributed by atoms with Crippen molar-refractivity contribution in [3.8, 4) is 0 Å². The van der Waals surface area contributed by atoms with Gasteiger partial charge < -0.3 is 4.90 Å². The molecule has 0 amide bonds. The summed E-state index contributed by atoms with van der Waals surface area (Å²) in [7, 11) is -3.44. The average Bonchev–Trinajstić information content (AvgIpc) is 2.68. The SMILES string of the molecule is O=S(=O)(c1ccc(Br)cc1)N1CCN(c2ccc3cnccc3c2)CC1. The van der Waals surface area contributed by atoms with Gasteiger partial charge in [0.25, 0.3) is 0 Å². The molecule has 26 heavy (non-hydrogen) atoms. The third-order valence-electron chi connectivity index (χ3n) is 4.68. The summed E-state index contributed by atoms with van der Waals surface area (Å²) in [5, 5.41) is 2.25. The molecule has 0 atom stereocenters. The van der Waals surface area contributed by atoms with Crippen molar-refractivity contribution in [3.63, 3.8) is 0 Å². The summed E-state index contributed by atoms with van der Waals surface area (Å²) in [6.07, 6.45) is 3.64. The number of sulfonamides is 1. The van der Waals surface area contributed by atoms with Crippen LogP contribution >= 0.6 is 15.9 Å². The molecule has 0 bridgehead atoms. The second kappa shape index (κ2) is 6.98. The topological polar surface area (TPSA) is 53.5 Å². The van der Waals surface area contributed by atoms with Gasteiger partial charge in [-0.3, -0.25) is 4.98 Å². The maximum Gasteiger partial charge on any atom is 0.243 e. The summed E-state index contributed by atoms with van der Waals surface area (Å²) in [5.74, 6) is 0. The Kier molecular flexibility index (Phi) is 4.69. The second-order valence-corrected chi connectivity index (χ2v) is 9.11. The molecule has 0 unspecified atom stereocenters. The van der Waals surface area contributed by atoms with Crippen molar-refractivity contribution in [3.05, 3.63) is 65.4 Å². The zero-order chi connectivity index (χ0) is 18.1. The van der Waals surface area contributed by atoms with E-state index in [4.69, 9.17) is 0 Å². The lowest BCUT2D eigenvalue weighted by atomic mass is 10.1. The Bertz CT molecular complexity index is 1030. The third-order valence-corrected chi connectivity index (χ3v) is 7.12. The minimum atomic E-state index is -3.44. The maximum absolute atomic E-state index is 12.8. The molecule has 2 heterocycles. The van der Waals surface area contributed by atoms with Gasteiger partial charge in [-0.25, -0.2) is 8.42 Å².